The number of anilines is 3. The largest absolute Gasteiger partial charge is 0.497 e. The van der Waals surface area contributed by atoms with Crippen LogP contribution >= 0.6 is 0 Å². The Morgan fingerprint density at radius 1 is 0.789 bits per heavy atom. The first-order valence-corrected chi connectivity index (χ1v) is 13.7. The number of piperidine rings is 1. The molecule has 1 aromatic heterocycles. The number of nitrogens with one attached hydrogen (secondary N) is 1. The number of rotatable bonds is 7. The number of ether oxygens (including phenoxy) is 1. The highest BCUT2D eigenvalue weighted by molar-refractivity contribution is 5.91. The first-order chi connectivity index (χ1) is 18.7. The standard InChI is InChI=1S/C31H36N6O/c1-38-27-12-13-29-28(22-27)30(32-25-14-16-35(17-15-25)23-24-8-4-2-5-9-24)34-31(33-29)37-20-18-36(19-21-37)26-10-6-3-7-11-26/h2-13,22,25H,14-21,23H2,1H3,(H,32,33,34). The smallest absolute Gasteiger partial charge is 0.228 e. The molecule has 0 unspecified atom stereocenters. The summed E-state index contributed by atoms with van der Waals surface area (Å²) in [6.07, 6.45) is 2.18. The molecule has 6 rings (SSSR count). The lowest BCUT2D eigenvalue weighted by Gasteiger charge is -2.36. The molecule has 38 heavy (non-hydrogen) atoms. The Morgan fingerprint density at radius 2 is 1.47 bits per heavy atom. The molecule has 3 aromatic carbocycles. The number of hydrogen-bond donors (Lipinski definition) is 1. The number of likely N-dealkylation sites (tertiary alicyclic amines) is 1. The highest BCUT2D eigenvalue weighted by Crippen LogP contribution is 2.30. The van der Waals surface area contributed by atoms with Crippen LogP contribution in [-0.2, 0) is 6.54 Å². The first kappa shape index (κ1) is 24.5. The molecule has 3 heterocycles. The van der Waals surface area contributed by atoms with E-state index in [0.29, 0.717) is 6.04 Å². The van der Waals surface area contributed by atoms with Gasteiger partial charge in [0.25, 0.3) is 0 Å². The van der Waals surface area contributed by atoms with Gasteiger partial charge in [-0.15, -0.1) is 0 Å². The molecular formula is C31H36N6O. The predicted octanol–water partition coefficient (Wildman–Crippen LogP) is 5.04. The Morgan fingerprint density at radius 3 is 2.18 bits per heavy atom. The van der Waals surface area contributed by atoms with E-state index >= 15 is 0 Å². The molecule has 196 valence electrons. The second-order valence-electron chi connectivity index (χ2n) is 10.2. The molecule has 1 N–H and O–H groups in total. The van der Waals surface area contributed by atoms with Crippen molar-refractivity contribution in [1.29, 1.82) is 0 Å². The highest BCUT2D eigenvalue weighted by Gasteiger charge is 2.24. The number of piperazine rings is 1. The maximum absolute atomic E-state index is 5.53. The van der Waals surface area contributed by atoms with Gasteiger partial charge in [-0.1, -0.05) is 48.5 Å². The Kier molecular flexibility index (Phi) is 7.27. The van der Waals surface area contributed by atoms with Crippen LogP contribution in [0.5, 0.6) is 5.75 Å². The lowest BCUT2D eigenvalue weighted by molar-refractivity contribution is 0.211. The summed E-state index contributed by atoms with van der Waals surface area (Å²) in [6.45, 7) is 6.87. The van der Waals surface area contributed by atoms with Gasteiger partial charge < -0.3 is 19.9 Å². The van der Waals surface area contributed by atoms with Crippen molar-refractivity contribution in [2.24, 2.45) is 0 Å². The Bertz CT molecular complexity index is 1330. The molecule has 2 aliphatic heterocycles. The SMILES string of the molecule is COc1ccc2nc(N3CCN(c4ccccc4)CC3)nc(NC3CCN(Cc4ccccc4)CC3)c2c1. The Hall–Kier alpha value is -3.84. The molecule has 0 aliphatic carbocycles. The van der Waals surface area contributed by atoms with Crippen LogP contribution in [0.2, 0.25) is 0 Å². The molecule has 0 radical (unpaired) electrons. The van der Waals surface area contributed by atoms with E-state index in [-0.39, 0.29) is 0 Å². The van der Waals surface area contributed by atoms with Gasteiger partial charge in [-0.05, 0) is 48.7 Å². The third-order valence-corrected chi connectivity index (χ3v) is 7.75. The van der Waals surface area contributed by atoms with Crippen molar-refractivity contribution in [1.82, 2.24) is 14.9 Å². The average Bonchev–Trinajstić information content (AvgIpc) is 2.99. The summed E-state index contributed by atoms with van der Waals surface area (Å²) in [4.78, 5) is 17.4. The van der Waals surface area contributed by atoms with Crippen molar-refractivity contribution in [3.8, 4) is 5.75 Å². The van der Waals surface area contributed by atoms with E-state index in [4.69, 9.17) is 14.7 Å². The monoisotopic (exact) mass is 508 g/mol. The summed E-state index contributed by atoms with van der Waals surface area (Å²) >= 11 is 0. The third-order valence-electron chi connectivity index (χ3n) is 7.75. The van der Waals surface area contributed by atoms with Crippen LogP contribution in [0.25, 0.3) is 10.9 Å². The molecule has 2 aliphatic rings. The molecular weight excluding hydrogens is 472 g/mol. The summed E-state index contributed by atoms with van der Waals surface area (Å²) in [5.41, 5.74) is 3.61. The van der Waals surface area contributed by atoms with Gasteiger partial charge in [-0.3, -0.25) is 4.90 Å². The van der Waals surface area contributed by atoms with Crippen molar-refractivity contribution in [3.63, 3.8) is 0 Å². The zero-order valence-electron chi connectivity index (χ0n) is 22.1. The second kappa shape index (κ2) is 11.3. The number of benzene rings is 3. The van der Waals surface area contributed by atoms with E-state index in [1.165, 1.54) is 11.3 Å². The molecule has 0 spiro atoms. The molecule has 0 bridgehead atoms. The molecule has 0 atom stereocenters. The third kappa shape index (κ3) is 5.53. The van der Waals surface area contributed by atoms with Crippen LogP contribution in [0.4, 0.5) is 17.5 Å². The fourth-order valence-electron chi connectivity index (χ4n) is 5.55. The zero-order valence-corrected chi connectivity index (χ0v) is 22.1. The van der Waals surface area contributed by atoms with Crippen LogP contribution < -0.4 is 19.9 Å². The topological polar surface area (TPSA) is 56.8 Å². The summed E-state index contributed by atoms with van der Waals surface area (Å²) in [6, 6.07) is 27.9. The van der Waals surface area contributed by atoms with Crippen LogP contribution in [0.15, 0.2) is 78.9 Å². The minimum atomic E-state index is 0.383. The van der Waals surface area contributed by atoms with Crippen molar-refractivity contribution < 1.29 is 4.74 Å². The second-order valence-corrected chi connectivity index (χ2v) is 10.2. The number of methoxy groups -OCH3 is 1. The van der Waals surface area contributed by atoms with E-state index < -0.39 is 0 Å². The van der Waals surface area contributed by atoms with Crippen molar-refractivity contribution in [2.75, 3.05) is 61.5 Å². The maximum atomic E-state index is 5.53. The highest BCUT2D eigenvalue weighted by atomic mass is 16.5. The van der Waals surface area contributed by atoms with Gasteiger partial charge in [0.15, 0.2) is 0 Å². The van der Waals surface area contributed by atoms with Gasteiger partial charge in [-0.25, -0.2) is 4.98 Å². The van der Waals surface area contributed by atoms with E-state index in [0.717, 1.165) is 87.1 Å². The summed E-state index contributed by atoms with van der Waals surface area (Å²) in [5, 5.41) is 4.82. The number of para-hydroxylation sites is 1. The minimum absolute atomic E-state index is 0.383. The van der Waals surface area contributed by atoms with Gasteiger partial charge >= 0.3 is 0 Å². The molecule has 2 saturated heterocycles. The normalized spacial score (nSPS) is 17.1. The van der Waals surface area contributed by atoms with E-state index in [2.05, 4.69) is 86.7 Å². The van der Waals surface area contributed by atoms with Gasteiger partial charge in [0.2, 0.25) is 5.95 Å². The average molecular weight is 509 g/mol. The van der Waals surface area contributed by atoms with Crippen molar-refractivity contribution in [3.05, 3.63) is 84.4 Å². The molecule has 0 amide bonds. The summed E-state index contributed by atoms with van der Waals surface area (Å²) in [5.74, 6) is 2.54. The molecule has 2 fully saturated rings. The lowest BCUT2D eigenvalue weighted by atomic mass is 10.0. The molecule has 4 aromatic rings. The first-order valence-electron chi connectivity index (χ1n) is 13.7. The molecule has 0 saturated carbocycles. The molecule has 7 nitrogen and oxygen atoms in total. The maximum Gasteiger partial charge on any atom is 0.228 e. The quantitative estimate of drug-likeness (QED) is 0.375. The van der Waals surface area contributed by atoms with Crippen LogP contribution in [0.1, 0.15) is 18.4 Å². The fraction of sp³-hybridized carbons (Fsp3) is 0.355. The zero-order chi connectivity index (χ0) is 25.7. The number of fused-ring (bicyclic) bond motifs is 1. The number of nitrogens with zero attached hydrogens (tertiary/aromatic N) is 5. The van der Waals surface area contributed by atoms with Crippen LogP contribution in [0, 0.1) is 0 Å². The number of aromatic nitrogens is 2. The van der Waals surface area contributed by atoms with Crippen LogP contribution in [-0.4, -0.2) is 67.3 Å². The molecule has 7 heteroatoms. The summed E-state index contributed by atoms with van der Waals surface area (Å²) < 4.78 is 5.53. The van der Waals surface area contributed by atoms with E-state index in [1.807, 2.05) is 12.1 Å². The predicted molar refractivity (Wildman–Crippen MR) is 155 cm³/mol. The van der Waals surface area contributed by atoms with Gasteiger partial charge in [-0.2, -0.15) is 4.98 Å². The van der Waals surface area contributed by atoms with Crippen molar-refractivity contribution in [2.45, 2.75) is 25.4 Å². The van der Waals surface area contributed by atoms with E-state index in [1.54, 1.807) is 7.11 Å². The number of hydrogen-bond acceptors (Lipinski definition) is 7. The lowest BCUT2D eigenvalue weighted by Crippen LogP contribution is -2.47. The summed E-state index contributed by atoms with van der Waals surface area (Å²) in [7, 11) is 1.71. The Balaban J connectivity index is 1.17. The van der Waals surface area contributed by atoms with Crippen LogP contribution in [0.3, 0.4) is 0 Å². The van der Waals surface area contributed by atoms with Gasteiger partial charge in [0.1, 0.15) is 11.6 Å². The van der Waals surface area contributed by atoms with Gasteiger partial charge in [0, 0.05) is 62.9 Å². The van der Waals surface area contributed by atoms with Gasteiger partial charge in [0.05, 0.1) is 12.6 Å². The van der Waals surface area contributed by atoms with E-state index in [9.17, 15) is 0 Å². The Labute approximate surface area is 225 Å². The van der Waals surface area contributed by atoms with Crippen molar-refractivity contribution >= 4 is 28.4 Å². The minimum Gasteiger partial charge on any atom is -0.497 e. The fourth-order valence-corrected chi connectivity index (χ4v) is 5.55.